The van der Waals surface area contributed by atoms with Crippen molar-refractivity contribution in [2.75, 3.05) is 19.6 Å². The number of rotatable bonds is 7. The summed E-state index contributed by atoms with van der Waals surface area (Å²) >= 11 is 0.737. The van der Waals surface area contributed by atoms with Crippen LogP contribution in [0.5, 0.6) is 0 Å². The minimum atomic E-state index is -4.22. The van der Waals surface area contributed by atoms with E-state index in [-0.39, 0.29) is 31.0 Å². The Bertz CT molecular complexity index is 1300. The Kier molecular flexibility index (Phi) is 7.33. The molecule has 2 aliphatic rings. The summed E-state index contributed by atoms with van der Waals surface area (Å²) in [5, 5.41) is 2.06. The molecule has 35 heavy (non-hydrogen) atoms. The summed E-state index contributed by atoms with van der Waals surface area (Å²) in [6.45, 7) is -0.110. The summed E-state index contributed by atoms with van der Waals surface area (Å²) in [5.41, 5.74) is 0.558. The van der Waals surface area contributed by atoms with Gasteiger partial charge in [-0.3, -0.25) is 19.3 Å². The van der Waals surface area contributed by atoms with Gasteiger partial charge in [0.25, 0.3) is 11.1 Å². The van der Waals surface area contributed by atoms with Crippen LogP contribution >= 0.6 is 11.8 Å². The number of thioether (sulfide) groups is 1. The lowest BCUT2D eigenvalue weighted by Crippen LogP contribution is -2.47. The second-order valence-corrected chi connectivity index (χ2v) is 10.7. The van der Waals surface area contributed by atoms with E-state index in [0.717, 1.165) is 33.1 Å². The van der Waals surface area contributed by atoms with E-state index in [0.29, 0.717) is 12.0 Å². The first-order valence-electron chi connectivity index (χ1n) is 10.7. The van der Waals surface area contributed by atoms with Crippen molar-refractivity contribution in [1.82, 2.24) is 14.5 Å². The largest absolute Gasteiger partial charge is 0.353 e. The first-order valence-corrected chi connectivity index (χ1v) is 13.0. The molecule has 2 aromatic rings. The molecule has 0 aliphatic carbocycles. The zero-order valence-corrected chi connectivity index (χ0v) is 20.0. The molecule has 184 valence electrons. The zero-order valence-electron chi connectivity index (χ0n) is 18.3. The first kappa shape index (κ1) is 25.0. The summed E-state index contributed by atoms with van der Waals surface area (Å²) in [6, 6.07) is 9.39. The Morgan fingerprint density at radius 2 is 1.83 bits per heavy atom. The monoisotopic (exact) mass is 521 g/mol. The molecule has 0 unspecified atom stereocenters. The van der Waals surface area contributed by atoms with Gasteiger partial charge < -0.3 is 5.32 Å². The molecule has 0 radical (unpaired) electrons. The fraction of sp³-hybridized carbons (Fsp3) is 0.261. The average molecular weight is 522 g/mol. The van der Waals surface area contributed by atoms with Crippen molar-refractivity contribution in [2.45, 2.75) is 23.8 Å². The Balaban J connectivity index is 1.37. The van der Waals surface area contributed by atoms with Gasteiger partial charge in [0.2, 0.25) is 15.9 Å². The fourth-order valence-corrected chi connectivity index (χ4v) is 6.47. The van der Waals surface area contributed by atoms with Gasteiger partial charge in [0.15, 0.2) is 0 Å². The van der Waals surface area contributed by atoms with Crippen LogP contribution in [0.4, 0.5) is 13.6 Å². The van der Waals surface area contributed by atoms with Crippen LogP contribution in [-0.2, 0) is 19.6 Å². The highest BCUT2D eigenvalue weighted by Gasteiger charge is 2.40. The van der Waals surface area contributed by atoms with Crippen molar-refractivity contribution < 1.29 is 31.6 Å². The van der Waals surface area contributed by atoms with Crippen molar-refractivity contribution in [2.24, 2.45) is 0 Å². The number of hydrogen-bond donors (Lipinski definition) is 1. The number of sulfonamides is 1. The van der Waals surface area contributed by atoms with Gasteiger partial charge in [0.05, 0.1) is 4.91 Å². The van der Waals surface area contributed by atoms with Crippen LogP contribution < -0.4 is 5.32 Å². The van der Waals surface area contributed by atoms with Gasteiger partial charge in [-0.2, -0.15) is 4.31 Å². The quantitative estimate of drug-likeness (QED) is 0.562. The highest BCUT2D eigenvalue weighted by molar-refractivity contribution is 8.18. The summed E-state index contributed by atoms with van der Waals surface area (Å²) in [7, 11) is -4.22. The van der Waals surface area contributed by atoms with E-state index >= 15 is 0 Å². The number of nitrogens with zero attached hydrogens (tertiary/aromatic N) is 2. The van der Waals surface area contributed by atoms with Gasteiger partial charge in [-0.05, 0) is 60.5 Å². The number of amides is 3. The van der Waals surface area contributed by atoms with Gasteiger partial charge >= 0.3 is 0 Å². The number of carbonyl (C=O) groups is 3. The topological polar surface area (TPSA) is 104 Å². The maximum Gasteiger partial charge on any atom is 0.293 e. The molecule has 4 rings (SSSR count). The predicted octanol–water partition coefficient (Wildman–Crippen LogP) is 2.97. The molecule has 3 amide bonds. The fourth-order valence-electron chi connectivity index (χ4n) is 3.88. The van der Waals surface area contributed by atoms with E-state index < -0.39 is 49.6 Å². The van der Waals surface area contributed by atoms with Crippen LogP contribution in [0.25, 0.3) is 6.08 Å². The number of carbonyl (C=O) groups excluding carboxylic acids is 3. The molecular formula is C23H21F2N3O5S2. The number of nitrogens with one attached hydrogen (secondary N) is 1. The summed E-state index contributed by atoms with van der Waals surface area (Å²) < 4.78 is 54.0. The maximum absolute atomic E-state index is 14.1. The lowest BCUT2D eigenvalue weighted by molar-refractivity contribution is -0.125. The predicted molar refractivity (Wildman–Crippen MR) is 125 cm³/mol. The summed E-state index contributed by atoms with van der Waals surface area (Å²) in [5.74, 6) is -2.44. The van der Waals surface area contributed by atoms with Crippen molar-refractivity contribution in [3.63, 3.8) is 0 Å². The highest BCUT2D eigenvalue weighted by Crippen LogP contribution is 2.32. The molecule has 1 atom stereocenters. The molecule has 12 heteroatoms. The van der Waals surface area contributed by atoms with Gasteiger partial charge in [-0.15, -0.1) is 0 Å². The van der Waals surface area contributed by atoms with E-state index in [9.17, 15) is 31.6 Å². The molecule has 2 aromatic carbocycles. The highest BCUT2D eigenvalue weighted by atomic mass is 32.2. The SMILES string of the molecule is O=C(NCCN1C(=O)S/C(=C\c2ccc(F)cc2)C1=O)[C@@H]1CCCN1S(=O)(=O)c1ccccc1F. The van der Waals surface area contributed by atoms with Gasteiger partial charge in [-0.1, -0.05) is 24.3 Å². The van der Waals surface area contributed by atoms with E-state index in [1.807, 2.05) is 0 Å². The minimum absolute atomic E-state index is 0.0754. The molecule has 0 aromatic heterocycles. The lowest BCUT2D eigenvalue weighted by atomic mass is 10.2. The summed E-state index contributed by atoms with van der Waals surface area (Å²) in [4.78, 5) is 38.3. The molecule has 1 N–H and O–H groups in total. The molecule has 2 fully saturated rings. The van der Waals surface area contributed by atoms with E-state index in [4.69, 9.17) is 0 Å². The molecule has 8 nitrogen and oxygen atoms in total. The van der Waals surface area contributed by atoms with Crippen LogP contribution in [0.1, 0.15) is 18.4 Å². The number of halogens is 2. The van der Waals surface area contributed by atoms with E-state index in [2.05, 4.69) is 5.32 Å². The van der Waals surface area contributed by atoms with Crippen molar-refractivity contribution >= 4 is 44.9 Å². The standard InChI is InChI=1S/C23H21F2N3O5S2/c24-16-9-7-15(8-10-16)14-19-22(30)27(23(31)34-19)13-11-26-21(29)18-5-3-12-28(18)35(32,33)20-6-2-1-4-17(20)25/h1-2,4,6-10,14,18H,3,5,11-13H2,(H,26,29)/b19-14-/t18-/m0/s1. The zero-order chi connectivity index (χ0) is 25.2. The molecule has 0 bridgehead atoms. The number of benzene rings is 2. The normalized spacial score (nSPS) is 20.1. The third-order valence-corrected chi connectivity index (χ3v) is 8.45. The van der Waals surface area contributed by atoms with E-state index in [1.165, 1.54) is 42.5 Å². The molecular weight excluding hydrogens is 500 g/mol. The van der Waals surface area contributed by atoms with Gasteiger partial charge in [-0.25, -0.2) is 17.2 Å². The molecule has 2 aliphatic heterocycles. The van der Waals surface area contributed by atoms with Crippen molar-refractivity contribution in [3.8, 4) is 0 Å². The summed E-state index contributed by atoms with van der Waals surface area (Å²) in [6.07, 6.45) is 2.18. The first-order chi connectivity index (χ1) is 16.7. The number of hydrogen-bond acceptors (Lipinski definition) is 6. The second-order valence-electron chi connectivity index (χ2n) is 7.88. The maximum atomic E-state index is 14.1. The number of imide groups is 1. The molecule has 0 spiro atoms. The van der Waals surface area contributed by atoms with Gasteiger partial charge in [0.1, 0.15) is 22.6 Å². The smallest absolute Gasteiger partial charge is 0.293 e. The Labute approximate surface area is 205 Å². The van der Waals surface area contributed by atoms with Crippen molar-refractivity contribution in [3.05, 3.63) is 70.6 Å². The van der Waals surface area contributed by atoms with Crippen LogP contribution in [0.3, 0.4) is 0 Å². The van der Waals surface area contributed by atoms with Gasteiger partial charge in [0, 0.05) is 19.6 Å². The minimum Gasteiger partial charge on any atom is -0.353 e. The average Bonchev–Trinajstić information content (AvgIpc) is 3.42. The van der Waals surface area contributed by atoms with Crippen LogP contribution in [0.15, 0.2) is 58.3 Å². The third-order valence-electron chi connectivity index (χ3n) is 5.61. The van der Waals surface area contributed by atoms with Crippen molar-refractivity contribution in [1.29, 1.82) is 0 Å². The lowest BCUT2D eigenvalue weighted by Gasteiger charge is -2.24. The van der Waals surface area contributed by atoms with Crippen LogP contribution in [0.2, 0.25) is 0 Å². The molecule has 2 saturated heterocycles. The third kappa shape index (κ3) is 5.29. The second kappa shape index (κ2) is 10.3. The van der Waals surface area contributed by atoms with Crippen LogP contribution in [0, 0.1) is 11.6 Å². The molecule has 2 heterocycles. The molecule has 0 saturated carbocycles. The Morgan fingerprint density at radius 3 is 2.54 bits per heavy atom. The Morgan fingerprint density at radius 1 is 1.11 bits per heavy atom. The van der Waals surface area contributed by atoms with E-state index in [1.54, 1.807) is 0 Å². The van der Waals surface area contributed by atoms with Crippen LogP contribution in [-0.4, -0.2) is 60.4 Å². The Hall–Kier alpha value is -3.09.